The smallest absolute Gasteiger partial charge is 0.422 e. The molecule has 1 aromatic heterocycles. The van der Waals surface area contributed by atoms with Crippen LogP contribution in [0.1, 0.15) is 39.2 Å². The lowest BCUT2D eigenvalue weighted by atomic mass is 9.78. The van der Waals surface area contributed by atoms with Gasteiger partial charge in [-0.2, -0.15) is 13.2 Å². The Balaban J connectivity index is 1.91. The minimum absolute atomic E-state index is 0.0405. The van der Waals surface area contributed by atoms with Crippen LogP contribution in [-0.4, -0.2) is 50.0 Å². The van der Waals surface area contributed by atoms with Crippen LogP contribution in [0.3, 0.4) is 0 Å². The van der Waals surface area contributed by atoms with Crippen molar-refractivity contribution in [3.63, 3.8) is 0 Å². The van der Waals surface area contributed by atoms with Gasteiger partial charge in [-0.05, 0) is 24.3 Å². The number of guanidine groups is 1. The zero-order valence-corrected chi connectivity index (χ0v) is 17.5. The van der Waals surface area contributed by atoms with Gasteiger partial charge < -0.3 is 20.1 Å². The molecule has 164 valence electrons. The lowest BCUT2D eigenvalue weighted by Crippen LogP contribution is -2.47. The van der Waals surface area contributed by atoms with Gasteiger partial charge in [0.2, 0.25) is 5.88 Å². The van der Waals surface area contributed by atoms with Gasteiger partial charge in [-0.15, -0.1) is 0 Å². The summed E-state index contributed by atoms with van der Waals surface area (Å²) in [6.07, 6.45) is -0.754. The van der Waals surface area contributed by atoms with E-state index in [1.165, 1.54) is 6.20 Å². The van der Waals surface area contributed by atoms with Gasteiger partial charge in [0.25, 0.3) is 0 Å². The van der Waals surface area contributed by atoms with Crippen molar-refractivity contribution < 1.29 is 22.6 Å². The maximum atomic E-state index is 12.4. The van der Waals surface area contributed by atoms with Crippen LogP contribution in [0.5, 0.6) is 5.88 Å². The zero-order valence-electron chi connectivity index (χ0n) is 17.5. The van der Waals surface area contributed by atoms with Crippen LogP contribution in [0.25, 0.3) is 0 Å². The molecule has 1 aliphatic rings. The number of rotatable bonds is 6. The van der Waals surface area contributed by atoms with E-state index in [2.05, 4.69) is 41.4 Å². The van der Waals surface area contributed by atoms with Gasteiger partial charge in [-0.3, -0.25) is 4.99 Å². The summed E-state index contributed by atoms with van der Waals surface area (Å²) in [5.74, 6) is 0.876. The van der Waals surface area contributed by atoms with E-state index in [9.17, 15) is 13.2 Å². The SMILES string of the molecule is CN=C(NCc1cccnc1OCC(F)(F)F)NCC1CCCOC1C(C)(C)C. The normalized spacial score (nSPS) is 21.0. The summed E-state index contributed by atoms with van der Waals surface area (Å²) >= 11 is 0. The van der Waals surface area contributed by atoms with Crippen molar-refractivity contribution in [3.05, 3.63) is 23.9 Å². The number of hydrogen-bond donors (Lipinski definition) is 2. The van der Waals surface area contributed by atoms with E-state index in [0.29, 0.717) is 24.0 Å². The molecule has 0 saturated carbocycles. The Hall–Kier alpha value is -2.03. The number of hydrogen-bond acceptors (Lipinski definition) is 4. The zero-order chi connectivity index (χ0) is 21.5. The van der Waals surface area contributed by atoms with E-state index < -0.39 is 12.8 Å². The maximum Gasteiger partial charge on any atom is 0.422 e. The summed E-state index contributed by atoms with van der Waals surface area (Å²) in [4.78, 5) is 8.10. The van der Waals surface area contributed by atoms with Crippen molar-refractivity contribution in [1.29, 1.82) is 0 Å². The van der Waals surface area contributed by atoms with Crippen LogP contribution in [0.4, 0.5) is 13.2 Å². The Labute approximate surface area is 170 Å². The van der Waals surface area contributed by atoms with Crippen LogP contribution >= 0.6 is 0 Å². The van der Waals surface area contributed by atoms with E-state index in [4.69, 9.17) is 9.47 Å². The van der Waals surface area contributed by atoms with E-state index in [1.54, 1.807) is 19.2 Å². The minimum Gasteiger partial charge on any atom is -0.468 e. The number of ether oxygens (including phenoxy) is 2. The van der Waals surface area contributed by atoms with Crippen molar-refractivity contribution in [2.75, 3.05) is 26.8 Å². The van der Waals surface area contributed by atoms with E-state index in [-0.39, 0.29) is 23.9 Å². The molecule has 0 bridgehead atoms. The standard InChI is InChI=1S/C20H31F3N4O2/c1-19(2,3)16-14(8-6-10-28-16)11-26-18(24-4)27-12-15-7-5-9-25-17(15)29-13-20(21,22)23/h5,7,9,14,16H,6,8,10-13H2,1-4H3,(H2,24,26,27). The van der Waals surface area contributed by atoms with Gasteiger partial charge in [0.15, 0.2) is 12.6 Å². The number of nitrogens with one attached hydrogen (secondary N) is 2. The van der Waals surface area contributed by atoms with Gasteiger partial charge >= 0.3 is 6.18 Å². The summed E-state index contributed by atoms with van der Waals surface area (Å²) < 4.78 is 48.1. The molecule has 2 rings (SSSR count). The fourth-order valence-electron chi connectivity index (χ4n) is 3.48. The highest BCUT2D eigenvalue weighted by Gasteiger charge is 2.35. The number of nitrogens with zero attached hydrogens (tertiary/aromatic N) is 2. The van der Waals surface area contributed by atoms with E-state index >= 15 is 0 Å². The predicted molar refractivity (Wildman–Crippen MR) is 106 cm³/mol. The minimum atomic E-state index is -4.41. The lowest BCUT2D eigenvalue weighted by molar-refractivity contribution is -0.154. The molecule has 1 fully saturated rings. The van der Waals surface area contributed by atoms with E-state index in [1.807, 2.05) is 0 Å². The second-order valence-corrected chi connectivity index (χ2v) is 8.24. The Morgan fingerprint density at radius 1 is 1.31 bits per heavy atom. The molecule has 2 atom stereocenters. The largest absolute Gasteiger partial charge is 0.468 e. The highest BCUT2D eigenvalue weighted by Crippen LogP contribution is 2.33. The Kier molecular flexibility index (Phi) is 8.13. The Morgan fingerprint density at radius 3 is 2.72 bits per heavy atom. The molecule has 1 aliphatic heterocycles. The molecule has 6 nitrogen and oxygen atoms in total. The third-order valence-electron chi connectivity index (χ3n) is 4.72. The molecule has 0 aromatic carbocycles. The Bertz CT molecular complexity index is 674. The number of pyridine rings is 1. The van der Waals surface area contributed by atoms with Crippen LogP contribution in [0, 0.1) is 11.3 Å². The van der Waals surface area contributed by atoms with Crippen molar-refractivity contribution in [2.24, 2.45) is 16.3 Å². The third kappa shape index (κ3) is 7.72. The van der Waals surface area contributed by atoms with Gasteiger partial charge in [0, 0.05) is 44.4 Å². The first-order chi connectivity index (χ1) is 13.6. The molecule has 29 heavy (non-hydrogen) atoms. The fraction of sp³-hybridized carbons (Fsp3) is 0.700. The quantitative estimate of drug-likeness (QED) is 0.549. The molecule has 0 spiro atoms. The maximum absolute atomic E-state index is 12.4. The number of alkyl halides is 3. The van der Waals surface area contributed by atoms with Gasteiger partial charge in [0.05, 0.1) is 6.10 Å². The second kappa shape index (κ2) is 10.1. The number of aromatic nitrogens is 1. The molecule has 2 heterocycles. The molecular formula is C20H31F3N4O2. The van der Waals surface area contributed by atoms with Crippen LogP contribution in [-0.2, 0) is 11.3 Å². The van der Waals surface area contributed by atoms with Crippen molar-refractivity contribution in [2.45, 2.75) is 52.4 Å². The molecule has 0 aliphatic carbocycles. The number of aliphatic imine (C=N–C) groups is 1. The monoisotopic (exact) mass is 416 g/mol. The molecular weight excluding hydrogens is 385 g/mol. The van der Waals surface area contributed by atoms with Crippen molar-refractivity contribution in [3.8, 4) is 5.88 Å². The highest BCUT2D eigenvalue weighted by atomic mass is 19.4. The lowest BCUT2D eigenvalue weighted by Gasteiger charge is -2.40. The second-order valence-electron chi connectivity index (χ2n) is 8.24. The predicted octanol–water partition coefficient (Wildman–Crippen LogP) is 3.53. The van der Waals surface area contributed by atoms with E-state index in [0.717, 1.165) is 19.4 Å². The topological polar surface area (TPSA) is 67.8 Å². The van der Waals surface area contributed by atoms with Gasteiger partial charge in [-0.1, -0.05) is 26.8 Å². The summed E-state index contributed by atoms with van der Waals surface area (Å²) in [5, 5.41) is 6.42. The van der Waals surface area contributed by atoms with Gasteiger partial charge in [0.1, 0.15) is 0 Å². The summed E-state index contributed by atoms with van der Waals surface area (Å²) in [6.45, 7) is 6.87. The molecule has 9 heteroatoms. The molecule has 2 unspecified atom stereocenters. The van der Waals surface area contributed by atoms with Gasteiger partial charge in [-0.25, -0.2) is 4.98 Å². The molecule has 2 N–H and O–H groups in total. The first kappa shape index (κ1) is 23.3. The van der Waals surface area contributed by atoms with Crippen molar-refractivity contribution in [1.82, 2.24) is 15.6 Å². The fourth-order valence-corrected chi connectivity index (χ4v) is 3.48. The highest BCUT2D eigenvalue weighted by molar-refractivity contribution is 5.79. The average molecular weight is 416 g/mol. The average Bonchev–Trinajstić information content (AvgIpc) is 2.66. The van der Waals surface area contributed by atoms with Crippen molar-refractivity contribution >= 4 is 5.96 Å². The summed E-state index contributed by atoms with van der Waals surface area (Å²) in [5.41, 5.74) is 0.567. The van der Waals surface area contributed by atoms with Crippen LogP contribution in [0.2, 0.25) is 0 Å². The van der Waals surface area contributed by atoms with Crippen LogP contribution in [0.15, 0.2) is 23.3 Å². The summed E-state index contributed by atoms with van der Waals surface area (Å²) in [7, 11) is 1.65. The molecule has 0 radical (unpaired) electrons. The molecule has 0 amide bonds. The molecule has 1 aromatic rings. The Morgan fingerprint density at radius 2 is 2.07 bits per heavy atom. The molecule has 1 saturated heterocycles. The summed E-state index contributed by atoms with van der Waals surface area (Å²) in [6, 6.07) is 3.32. The third-order valence-corrected chi connectivity index (χ3v) is 4.72. The first-order valence-corrected chi connectivity index (χ1v) is 9.79. The number of halogens is 3. The van der Waals surface area contributed by atoms with Crippen LogP contribution < -0.4 is 15.4 Å². The first-order valence-electron chi connectivity index (χ1n) is 9.79.